The molecule has 1 N–H and O–H groups in total. The van der Waals surface area contributed by atoms with Crippen LogP contribution in [0.3, 0.4) is 0 Å². The molecule has 180 valence electrons. The van der Waals surface area contributed by atoms with Gasteiger partial charge in [0, 0.05) is 47.3 Å². The number of fused-ring (bicyclic) bond motifs is 1. The molecule has 4 rings (SSSR count). The topological polar surface area (TPSA) is 93.0 Å². The fourth-order valence-corrected chi connectivity index (χ4v) is 4.17. The first kappa shape index (κ1) is 24.5. The first-order chi connectivity index (χ1) is 16.7. The molecule has 8 nitrogen and oxygen atoms in total. The molecule has 4 aromatic rings. The third-order valence-corrected chi connectivity index (χ3v) is 5.49. The van der Waals surface area contributed by atoms with E-state index in [1.807, 2.05) is 46.1 Å². The molecule has 3 aromatic heterocycles. The lowest BCUT2D eigenvalue weighted by molar-refractivity contribution is -0.122. The van der Waals surface area contributed by atoms with Crippen LogP contribution in [-0.4, -0.2) is 50.5 Å². The van der Waals surface area contributed by atoms with E-state index in [9.17, 15) is 9.59 Å². The maximum absolute atomic E-state index is 13.7. The molecular formula is C26H27ClN6O2. The van der Waals surface area contributed by atoms with Crippen molar-refractivity contribution in [3.63, 3.8) is 0 Å². The highest BCUT2D eigenvalue weighted by Gasteiger charge is 2.18. The lowest BCUT2D eigenvalue weighted by atomic mass is 10.0. The maximum atomic E-state index is 13.7. The van der Waals surface area contributed by atoms with Crippen LogP contribution < -0.4 is 10.9 Å². The van der Waals surface area contributed by atoms with Crippen LogP contribution >= 0.6 is 11.6 Å². The van der Waals surface area contributed by atoms with Gasteiger partial charge in [0.2, 0.25) is 5.91 Å². The van der Waals surface area contributed by atoms with Crippen LogP contribution in [0.1, 0.15) is 19.4 Å². The van der Waals surface area contributed by atoms with E-state index in [0.29, 0.717) is 27.4 Å². The average Bonchev–Trinajstić information content (AvgIpc) is 2.80. The lowest BCUT2D eigenvalue weighted by Crippen LogP contribution is -2.37. The summed E-state index contributed by atoms with van der Waals surface area (Å²) in [4.78, 5) is 41.6. The number of benzene rings is 1. The average molecular weight is 491 g/mol. The number of nitrogens with one attached hydrogen (secondary N) is 1. The van der Waals surface area contributed by atoms with Gasteiger partial charge in [0.1, 0.15) is 12.4 Å². The molecule has 3 heterocycles. The molecule has 0 aliphatic heterocycles. The molecule has 35 heavy (non-hydrogen) atoms. The summed E-state index contributed by atoms with van der Waals surface area (Å²) in [7, 11) is 3.98. The van der Waals surface area contributed by atoms with Gasteiger partial charge in [-0.05, 0) is 75.5 Å². The zero-order valence-electron chi connectivity index (χ0n) is 20.1. The van der Waals surface area contributed by atoms with Crippen molar-refractivity contribution >= 4 is 28.5 Å². The normalized spacial score (nSPS) is 11.4. The van der Waals surface area contributed by atoms with Gasteiger partial charge in [-0.3, -0.25) is 19.1 Å². The Morgan fingerprint density at radius 1 is 1.11 bits per heavy atom. The minimum Gasteiger partial charge on any atom is -0.352 e. The molecule has 9 heteroatoms. The van der Waals surface area contributed by atoms with Crippen LogP contribution in [0.15, 0.2) is 59.8 Å². The molecule has 0 radical (unpaired) electrons. The van der Waals surface area contributed by atoms with E-state index in [-0.39, 0.29) is 24.1 Å². The predicted octanol–water partition coefficient (Wildman–Crippen LogP) is 3.76. The molecule has 0 atom stereocenters. The van der Waals surface area contributed by atoms with E-state index in [2.05, 4.69) is 25.2 Å². The van der Waals surface area contributed by atoms with Crippen LogP contribution in [0.5, 0.6) is 0 Å². The highest BCUT2D eigenvalue weighted by atomic mass is 35.5. The summed E-state index contributed by atoms with van der Waals surface area (Å²) in [6, 6.07) is 11.0. The van der Waals surface area contributed by atoms with E-state index in [4.69, 9.17) is 11.6 Å². The molecule has 0 saturated carbocycles. The highest BCUT2D eigenvalue weighted by molar-refractivity contribution is 6.31. The summed E-state index contributed by atoms with van der Waals surface area (Å²) < 4.78 is 1.37. The summed E-state index contributed by atoms with van der Waals surface area (Å²) in [6.45, 7) is 4.29. The summed E-state index contributed by atoms with van der Waals surface area (Å²) in [6.07, 6.45) is 4.93. The van der Waals surface area contributed by atoms with Crippen molar-refractivity contribution in [3.05, 3.63) is 75.9 Å². The largest absolute Gasteiger partial charge is 0.352 e. The monoisotopic (exact) mass is 490 g/mol. The minimum absolute atomic E-state index is 0.0547. The number of hydrogen-bond donors (Lipinski definition) is 1. The molecule has 0 spiro atoms. The second-order valence-electron chi connectivity index (χ2n) is 8.97. The Hall–Kier alpha value is -3.62. The first-order valence-electron chi connectivity index (χ1n) is 11.3. The van der Waals surface area contributed by atoms with Gasteiger partial charge in [-0.25, -0.2) is 9.97 Å². The second-order valence-corrected chi connectivity index (χ2v) is 9.41. The van der Waals surface area contributed by atoms with E-state index < -0.39 is 0 Å². The molecule has 0 fully saturated rings. The molecular weight excluding hydrogens is 464 g/mol. The summed E-state index contributed by atoms with van der Waals surface area (Å²) >= 11 is 6.38. The second kappa shape index (κ2) is 10.3. The van der Waals surface area contributed by atoms with Gasteiger partial charge in [0.15, 0.2) is 5.65 Å². The van der Waals surface area contributed by atoms with Crippen LogP contribution in [0.25, 0.3) is 33.5 Å². The van der Waals surface area contributed by atoms with Gasteiger partial charge in [0.05, 0.1) is 5.39 Å². The van der Waals surface area contributed by atoms with Crippen LogP contribution in [0.2, 0.25) is 5.02 Å². The van der Waals surface area contributed by atoms with Crippen molar-refractivity contribution in [2.75, 3.05) is 14.1 Å². The zero-order valence-corrected chi connectivity index (χ0v) is 20.9. The molecule has 1 aromatic carbocycles. The van der Waals surface area contributed by atoms with E-state index in [1.54, 1.807) is 36.8 Å². The number of amides is 1. The Morgan fingerprint density at radius 2 is 1.91 bits per heavy atom. The lowest BCUT2D eigenvalue weighted by Gasteiger charge is -2.15. The van der Waals surface area contributed by atoms with E-state index in [0.717, 1.165) is 23.2 Å². The number of carbonyl (C=O) groups is 1. The first-order valence-corrected chi connectivity index (χ1v) is 11.6. The fourth-order valence-electron chi connectivity index (χ4n) is 3.91. The van der Waals surface area contributed by atoms with Gasteiger partial charge < -0.3 is 10.2 Å². The maximum Gasteiger partial charge on any atom is 0.263 e. The molecule has 0 aliphatic rings. The van der Waals surface area contributed by atoms with Crippen LogP contribution in [0.4, 0.5) is 0 Å². The minimum atomic E-state index is -0.349. The smallest absolute Gasteiger partial charge is 0.263 e. The molecule has 0 unspecified atom stereocenters. The van der Waals surface area contributed by atoms with Crippen molar-refractivity contribution in [2.24, 2.45) is 0 Å². The standard InChI is InChI=1S/C26H27ClN6O2/c1-16(2)30-23(34)15-33-25(18-6-5-7-28-12-18)31-24-22(26(33)35)11-20(13-29-24)19-8-17(14-32(3)4)9-21(27)10-19/h5-13,16H,14-15H2,1-4H3,(H,30,34). The number of nitrogens with zero attached hydrogens (tertiary/aromatic N) is 5. The Balaban J connectivity index is 1.87. The van der Waals surface area contributed by atoms with E-state index >= 15 is 0 Å². The van der Waals surface area contributed by atoms with Gasteiger partial charge in [-0.15, -0.1) is 0 Å². The fraction of sp³-hybridized carbons (Fsp3) is 0.269. The number of hydrogen-bond acceptors (Lipinski definition) is 6. The summed E-state index contributed by atoms with van der Waals surface area (Å²) in [5.41, 5.74) is 3.21. The SMILES string of the molecule is CC(C)NC(=O)Cn1c(-c2cccnc2)nc2ncc(-c3cc(Cl)cc(CN(C)C)c3)cc2c1=O. The number of pyridine rings is 2. The van der Waals surface area contributed by atoms with Crippen LogP contribution in [0, 0.1) is 0 Å². The third-order valence-electron chi connectivity index (χ3n) is 5.27. The predicted molar refractivity (Wildman–Crippen MR) is 138 cm³/mol. The molecule has 0 aliphatic carbocycles. The van der Waals surface area contributed by atoms with Crippen molar-refractivity contribution in [1.82, 2.24) is 29.7 Å². The van der Waals surface area contributed by atoms with Gasteiger partial charge in [-0.2, -0.15) is 0 Å². The van der Waals surface area contributed by atoms with Gasteiger partial charge >= 0.3 is 0 Å². The Morgan fingerprint density at radius 3 is 2.60 bits per heavy atom. The quantitative estimate of drug-likeness (QED) is 0.424. The van der Waals surface area contributed by atoms with Crippen LogP contribution in [-0.2, 0) is 17.9 Å². The summed E-state index contributed by atoms with van der Waals surface area (Å²) in [5.74, 6) is 0.0615. The number of carbonyl (C=O) groups excluding carboxylic acids is 1. The van der Waals surface area contributed by atoms with Crippen molar-refractivity contribution in [3.8, 4) is 22.5 Å². The molecule has 0 saturated heterocycles. The van der Waals surface area contributed by atoms with E-state index in [1.165, 1.54) is 4.57 Å². The molecule has 0 bridgehead atoms. The van der Waals surface area contributed by atoms with Gasteiger partial charge in [-0.1, -0.05) is 11.6 Å². The number of halogens is 1. The third kappa shape index (κ3) is 5.72. The van der Waals surface area contributed by atoms with Crippen molar-refractivity contribution in [1.29, 1.82) is 0 Å². The Bertz CT molecular complexity index is 1430. The van der Waals surface area contributed by atoms with Crippen molar-refractivity contribution < 1.29 is 4.79 Å². The number of rotatable bonds is 7. The number of aromatic nitrogens is 4. The Kier molecular flexibility index (Phi) is 7.23. The van der Waals surface area contributed by atoms with Crippen molar-refractivity contribution in [2.45, 2.75) is 33.0 Å². The highest BCUT2D eigenvalue weighted by Crippen LogP contribution is 2.27. The summed E-state index contributed by atoms with van der Waals surface area (Å²) in [5, 5.41) is 3.76. The van der Waals surface area contributed by atoms with Gasteiger partial charge in [0.25, 0.3) is 5.56 Å². The molecule has 1 amide bonds. The zero-order chi connectivity index (χ0) is 25.1. The Labute approximate surface area is 208 Å².